The van der Waals surface area contributed by atoms with Gasteiger partial charge in [0.15, 0.2) is 5.82 Å². The Hall–Kier alpha value is -2.62. The number of hydrogen-bond acceptors (Lipinski definition) is 4. The van der Waals surface area contributed by atoms with Crippen LogP contribution in [0.2, 0.25) is 0 Å². The third-order valence-electron chi connectivity index (χ3n) is 3.08. The fourth-order valence-corrected chi connectivity index (χ4v) is 2.16. The largest absolute Gasteiger partial charge is 0.496 e. The van der Waals surface area contributed by atoms with Crippen LogP contribution in [0, 0.1) is 0 Å². The molecule has 0 spiro atoms. The molecule has 19 heavy (non-hydrogen) atoms. The molecule has 0 aliphatic heterocycles. The van der Waals surface area contributed by atoms with E-state index >= 15 is 0 Å². The zero-order chi connectivity index (χ0) is 13.2. The van der Waals surface area contributed by atoms with E-state index in [0.717, 1.165) is 27.8 Å². The Kier molecular flexibility index (Phi) is 2.76. The Morgan fingerprint density at radius 3 is 2.37 bits per heavy atom. The van der Waals surface area contributed by atoms with Gasteiger partial charge in [-0.25, -0.2) is 0 Å². The van der Waals surface area contributed by atoms with Crippen molar-refractivity contribution in [1.29, 1.82) is 0 Å². The van der Waals surface area contributed by atoms with Crippen molar-refractivity contribution in [2.75, 3.05) is 12.8 Å². The molecule has 1 aromatic heterocycles. The third-order valence-corrected chi connectivity index (χ3v) is 3.08. The number of nitrogen functional groups attached to an aromatic ring is 1. The van der Waals surface area contributed by atoms with Crippen molar-refractivity contribution < 1.29 is 4.74 Å². The molecule has 0 unspecified atom stereocenters. The number of benzene rings is 2. The summed E-state index contributed by atoms with van der Waals surface area (Å²) in [7, 11) is 1.64. The van der Waals surface area contributed by atoms with Crippen molar-refractivity contribution in [2.45, 2.75) is 0 Å². The number of methoxy groups -OCH3 is 1. The molecule has 0 radical (unpaired) electrons. The number of nitrogens with two attached hydrogens (primary N) is 1. The molecule has 0 bridgehead atoms. The second-order valence-electron chi connectivity index (χ2n) is 4.18. The summed E-state index contributed by atoms with van der Waals surface area (Å²) >= 11 is 0. The van der Waals surface area contributed by atoms with Gasteiger partial charge in [0.2, 0.25) is 0 Å². The summed E-state index contributed by atoms with van der Waals surface area (Å²) < 4.78 is 5.38. The van der Waals surface area contributed by atoms with E-state index < -0.39 is 0 Å². The predicted octanol–water partition coefficient (Wildman–Crippen LogP) is 2.89. The van der Waals surface area contributed by atoms with Crippen LogP contribution >= 0.6 is 0 Å². The Morgan fingerprint density at radius 1 is 0.895 bits per heavy atom. The first-order valence-corrected chi connectivity index (χ1v) is 5.95. The van der Waals surface area contributed by atoms with Crippen LogP contribution in [0.1, 0.15) is 0 Å². The van der Waals surface area contributed by atoms with Gasteiger partial charge in [-0.1, -0.05) is 36.4 Å². The molecule has 2 aromatic carbocycles. The highest BCUT2D eigenvalue weighted by Gasteiger charge is 2.12. The SMILES string of the molecule is COc1ccccc1-c1nnc(N)c2ccccc12. The second-order valence-corrected chi connectivity index (χ2v) is 4.18. The molecule has 0 aliphatic carbocycles. The lowest BCUT2D eigenvalue weighted by atomic mass is 10.0. The van der Waals surface area contributed by atoms with Crippen LogP contribution in [-0.4, -0.2) is 17.3 Å². The molecule has 3 rings (SSSR count). The minimum Gasteiger partial charge on any atom is -0.496 e. The molecule has 0 atom stereocenters. The van der Waals surface area contributed by atoms with Gasteiger partial charge in [-0.15, -0.1) is 10.2 Å². The van der Waals surface area contributed by atoms with E-state index in [2.05, 4.69) is 10.2 Å². The predicted molar refractivity (Wildman–Crippen MR) is 75.9 cm³/mol. The molecule has 0 saturated carbocycles. The molecule has 0 amide bonds. The summed E-state index contributed by atoms with van der Waals surface area (Å²) in [5.74, 6) is 1.21. The van der Waals surface area contributed by atoms with E-state index in [-0.39, 0.29) is 0 Å². The van der Waals surface area contributed by atoms with Crippen LogP contribution in [0.5, 0.6) is 5.75 Å². The van der Waals surface area contributed by atoms with Gasteiger partial charge in [0.25, 0.3) is 0 Å². The average Bonchev–Trinajstić information content (AvgIpc) is 2.48. The molecule has 4 heteroatoms. The highest BCUT2D eigenvalue weighted by atomic mass is 16.5. The highest BCUT2D eigenvalue weighted by Crippen LogP contribution is 2.33. The number of nitrogens with zero attached hydrogens (tertiary/aromatic N) is 2. The van der Waals surface area contributed by atoms with Crippen molar-refractivity contribution in [2.24, 2.45) is 0 Å². The standard InChI is InChI=1S/C15H13N3O/c1-19-13-9-5-4-8-12(13)14-10-6-2-3-7-11(10)15(16)18-17-14/h2-9H,1H3,(H2,16,18). The summed E-state index contributed by atoms with van der Waals surface area (Å²) in [4.78, 5) is 0. The lowest BCUT2D eigenvalue weighted by Gasteiger charge is -2.10. The zero-order valence-corrected chi connectivity index (χ0v) is 10.5. The van der Waals surface area contributed by atoms with Crippen LogP contribution in [0.25, 0.3) is 22.0 Å². The summed E-state index contributed by atoms with van der Waals surface area (Å²) in [6, 6.07) is 15.6. The molecule has 1 heterocycles. The number of aromatic nitrogens is 2. The van der Waals surface area contributed by atoms with Gasteiger partial charge in [0.05, 0.1) is 7.11 Å². The maximum atomic E-state index is 5.87. The molecule has 0 aliphatic rings. The van der Waals surface area contributed by atoms with Crippen molar-refractivity contribution in [3.05, 3.63) is 48.5 Å². The lowest BCUT2D eigenvalue weighted by Crippen LogP contribution is -1.98. The minimum atomic E-state index is 0.439. The normalized spacial score (nSPS) is 10.6. The highest BCUT2D eigenvalue weighted by molar-refractivity contribution is 6.00. The molecular formula is C15H13N3O. The molecule has 0 saturated heterocycles. The summed E-state index contributed by atoms with van der Waals surface area (Å²) in [6.45, 7) is 0. The Bertz CT molecular complexity index is 740. The van der Waals surface area contributed by atoms with Gasteiger partial charge < -0.3 is 10.5 Å². The maximum Gasteiger partial charge on any atom is 0.154 e. The van der Waals surface area contributed by atoms with E-state index in [1.54, 1.807) is 7.11 Å². The van der Waals surface area contributed by atoms with Gasteiger partial charge >= 0.3 is 0 Å². The van der Waals surface area contributed by atoms with Crippen LogP contribution in [0.4, 0.5) is 5.82 Å². The summed E-state index contributed by atoms with van der Waals surface area (Å²) in [6.07, 6.45) is 0. The summed E-state index contributed by atoms with van der Waals surface area (Å²) in [5.41, 5.74) is 7.56. The lowest BCUT2D eigenvalue weighted by molar-refractivity contribution is 0.416. The molecular weight excluding hydrogens is 238 g/mol. The number of hydrogen-bond donors (Lipinski definition) is 1. The number of rotatable bonds is 2. The van der Waals surface area contributed by atoms with Gasteiger partial charge in [-0.2, -0.15) is 0 Å². The first-order valence-electron chi connectivity index (χ1n) is 5.95. The number of fused-ring (bicyclic) bond motifs is 1. The Labute approximate surface area is 110 Å². The van der Waals surface area contributed by atoms with Crippen LogP contribution in [-0.2, 0) is 0 Å². The molecule has 3 aromatic rings. The zero-order valence-electron chi connectivity index (χ0n) is 10.5. The molecule has 0 fully saturated rings. The van der Waals surface area contributed by atoms with Crippen molar-refractivity contribution in [3.63, 3.8) is 0 Å². The van der Waals surface area contributed by atoms with Crippen molar-refractivity contribution in [3.8, 4) is 17.0 Å². The van der Waals surface area contributed by atoms with E-state index in [1.165, 1.54) is 0 Å². The number of anilines is 1. The number of ether oxygens (including phenoxy) is 1. The van der Waals surface area contributed by atoms with Crippen LogP contribution in [0.3, 0.4) is 0 Å². The summed E-state index contributed by atoms with van der Waals surface area (Å²) in [5, 5.41) is 10.1. The third kappa shape index (κ3) is 1.87. The Balaban J connectivity index is 2.34. The van der Waals surface area contributed by atoms with E-state index in [0.29, 0.717) is 5.82 Å². The van der Waals surface area contributed by atoms with E-state index in [4.69, 9.17) is 10.5 Å². The first kappa shape index (κ1) is 11.5. The Morgan fingerprint density at radius 2 is 1.58 bits per heavy atom. The maximum absolute atomic E-state index is 5.87. The van der Waals surface area contributed by atoms with Crippen LogP contribution in [0.15, 0.2) is 48.5 Å². The van der Waals surface area contributed by atoms with Gasteiger partial charge in [0, 0.05) is 16.3 Å². The van der Waals surface area contributed by atoms with Gasteiger partial charge in [-0.05, 0) is 12.1 Å². The molecule has 2 N–H and O–H groups in total. The fourth-order valence-electron chi connectivity index (χ4n) is 2.16. The molecule has 94 valence electrons. The van der Waals surface area contributed by atoms with Gasteiger partial charge in [0.1, 0.15) is 11.4 Å². The second kappa shape index (κ2) is 4.57. The van der Waals surface area contributed by atoms with Gasteiger partial charge in [-0.3, -0.25) is 0 Å². The fraction of sp³-hybridized carbons (Fsp3) is 0.0667. The van der Waals surface area contributed by atoms with E-state index in [1.807, 2.05) is 48.5 Å². The molecule has 4 nitrogen and oxygen atoms in total. The quantitative estimate of drug-likeness (QED) is 0.760. The first-order chi connectivity index (χ1) is 9.31. The average molecular weight is 251 g/mol. The number of para-hydroxylation sites is 1. The minimum absolute atomic E-state index is 0.439. The van der Waals surface area contributed by atoms with Crippen LogP contribution < -0.4 is 10.5 Å². The monoisotopic (exact) mass is 251 g/mol. The topological polar surface area (TPSA) is 61.0 Å². The van der Waals surface area contributed by atoms with E-state index in [9.17, 15) is 0 Å². The van der Waals surface area contributed by atoms with Crippen molar-refractivity contribution in [1.82, 2.24) is 10.2 Å². The van der Waals surface area contributed by atoms with Crippen molar-refractivity contribution >= 4 is 16.6 Å². The smallest absolute Gasteiger partial charge is 0.154 e.